The summed E-state index contributed by atoms with van der Waals surface area (Å²) in [5.74, 6) is 0.708. The quantitative estimate of drug-likeness (QED) is 0.691. The molecule has 3 heteroatoms. The van der Waals surface area contributed by atoms with E-state index in [-0.39, 0.29) is 5.69 Å². The van der Waals surface area contributed by atoms with Gasteiger partial charge in [-0.05, 0) is 36.0 Å². The molecule has 0 aliphatic heterocycles. The van der Waals surface area contributed by atoms with Gasteiger partial charge in [-0.3, -0.25) is 0 Å². The zero-order valence-corrected chi connectivity index (χ0v) is 8.11. The van der Waals surface area contributed by atoms with Crippen LogP contribution in [-0.2, 0) is 0 Å². The fraction of sp³-hybridized carbons (Fsp3) is 0.400. The molecule has 1 saturated carbocycles. The van der Waals surface area contributed by atoms with Crippen LogP contribution in [-0.4, -0.2) is 0 Å². The number of hydrogen-bond donors (Lipinski definition) is 1. The minimum atomic E-state index is -0.429. The van der Waals surface area contributed by atoms with Gasteiger partial charge >= 0.3 is 0 Å². The molecule has 1 aliphatic rings. The topological polar surface area (TPSA) is 26.0 Å². The summed E-state index contributed by atoms with van der Waals surface area (Å²) in [7, 11) is 0. The maximum absolute atomic E-state index is 12.9. The smallest absolute Gasteiger partial charge is 0.147 e. The van der Waals surface area contributed by atoms with Gasteiger partial charge in [0.1, 0.15) is 5.82 Å². The third-order valence-electron chi connectivity index (χ3n) is 2.62. The molecule has 70 valence electrons. The van der Waals surface area contributed by atoms with E-state index < -0.39 is 5.82 Å². The standard InChI is InChI=1S/C10H11ClFN/c1-5-2-6(5)7-3-10(13)9(12)4-8(7)11/h3-6H,2,13H2,1H3/t5-,6-/m1/s1. The third kappa shape index (κ3) is 1.51. The summed E-state index contributed by atoms with van der Waals surface area (Å²) in [5.41, 5.74) is 6.65. The van der Waals surface area contributed by atoms with Crippen LogP contribution >= 0.6 is 11.6 Å². The van der Waals surface area contributed by atoms with Crippen molar-refractivity contribution in [2.75, 3.05) is 5.73 Å². The van der Waals surface area contributed by atoms with Crippen LogP contribution in [0.15, 0.2) is 12.1 Å². The lowest BCUT2D eigenvalue weighted by Crippen LogP contribution is -1.94. The highest BCUT2D eigenvalue weighted by Crippen LogP contribution is 2.49. The average molecular weight is 200 g/mol. The summed E-state index contributed by atoms with van der Waals surface area (Å²) in [4.78, 5) is 0. The lowest BCUT2D eigenvalue weighted by atomic mass is 10.1. The molecule has 2 rings (SSSR count). The van der Waals surface area contributed by atoms with Crippen molar-refractivity contribution >= 4 is 17.3 Å². The highest BCUT2D eigenvalue weighted by molar-refractivity contribution is 6.31. The Kier molecular flexibility index (Phi) is 1.95. The molecule has 1 fully saturated rings. The monoisotopic (exact) mass is 199 g/mol. The normalized spacial score (nSPS) is 26.1. The van der Waals surface area contributed by atoms with E-state index in [9.17, 15) is 4.39 Å². The number of rotatable bonds is 1. The van der Waals surface area contributed by atoms with E-state index in [0.717, 1.165) is 12.0 Å². The second kappa shape index (κ2) is 2.88. The largest absolute Gasteiger partial charge is 0.396 e. The first kappa shape index (κ1) is 8.82. The van der Waals surface area contributed by atoms with Crippen molar-refractivity contribution in [3.8, 4) is 0 Å². The Balaban J connectivity index is 2.41. The molecule has 1 aromatic carbocycles. The molecule has 2 atom stereocenters. The first-order valence-electron chi connectivity index (χ1n) is 4.34. The zero-order chi connectivity index (χ0) is 9.59. The van der Waals surface area contributed by atoms with Crippen LogP contribution in [0.1, 0.15) is 24.8 Å². The van der Waals surface area contributed by atoms with Gasteiger partial charge in [0.05, 0.1) is 5.69 Å². The Morgan fingerprint density at radius 1 is 1.54 bits per heavy atom. The molecular formula is C10H11ClFN. The number of nitrogen functional groups attached to an aromatic ring is 1. The van der Waals surface area contributed by atoms with E-state index in [1.54, 1.807) is 6.07 Å². The van der Waals surface area contributed by atoms with Crippen LogP contribution in [0.25, 0.3) is 0 Å². The summed E-state index contributed by atoms with van der Waals surface area (Å²) >= 11 is 5.91. The van der Waals surface area contributed by atoms with Gasteiger partial charge < -0.3 is 5.73 Å². The van der Waals surface area contributed by atoms with E-state index in [1.807, 2.05) is 0 Å². The summed E-state index contributed by atoms with van der Waals surface area (Å²) in [5, 5.41) is 0.501. The predicted molar refractivity (Wildman–Crippen MR) is 52.3 cm³/mol. The fourth-order valence-electron chi connectivity index (χ4n) is 1.62. The minimum absolute atomic E-state index is 0.193. The van der Waals surface area contributed by atoms with E-state index in [2.05, 4.69) is 6.92 Å². The molecule has 0 heterocycles. The van der Waals surface area contributed by atoms with Crippen LogP contribution in [0.4, 0.5) is 10.1 Å². The fourth-order valence-corrected chi connectivity index (χ4v) is 1.91. The molecule has 0 unspecified atom stereocenters. The minimum Gasteiger partial charge on any atom is -0.396 e. The lowest BCUT2D eigenvalue weighted by molar-refractivity contribution is 0.631. The number of halogens is 2. The van der Waals surface area contributed by atoms with Gasteiger partial charge in [-0.15, -0.1) is 0 Å². The van der Waals surface area contributed by atoms with Crippen LogP contribution in [0.5, 0.6) is 0 Å². The lowest BCUT2D eigenvalue weighted by Gasteiger charge is -2.04. The van der Waals surface area contributed by atoms with E-state index >= 15 is 0 Å². The Morgan fingerprint density at radius 3 is 2.69 bits per heavy atom. The SMILES string of the molecule is C[C@@H]1C[C@H]1c1cc(N)c(F)cc1Cl. The van der Waals surface area contributed by atoms with Crippen LogP contribution < -0.4 is 5.73 Å². The number of anilines is 1. The van der Waals surface area contributed by atoms with Crippen molar-refractivity contribution in [2.24, 2.45) is 5.92 Å². The highest BCUT2D eigenvalue weighted by atomic mass is 35.5. The highest BCUT2D eigenvalue weighted by Gasteiger charge is 2.35. The van der Waals surface area contributed by atoms with Gasteiger partial charge in [-0.2, -0.15) is 0 Å². The first-order valence-corrected chi connectivity index (χ1v) is 4.72. The van der Waals surface area contributed by atoms with Crippen molar-refractivity contribution in [1.82, 2.24) is 0 Å². The van der Waals surface area contributed by atoms with E-state index in [4.69, 9.17) is 17.3 Å². The first-order chi connectivity index (χ1) is 6.09. The van der Waals surface area contributed by atoms with Gasteiger partial charge in [0.2, 0.25) is 0 Å². The third-order valence-corrected chi connectivity index (χ3v) is 2.95. The van der Waals surface area contributed by atoms with Crippen LogP contribution in [0.2, 0.25) is 5.02 Å². The summed E-state index contributed by atoms with van der Waals surface area (Å²) in [6.45, 7) is 2.15. The Hall–Kier alpha value is -0.760. The number of nitrogens with two attached hydrogens (primary N) is 1. The molecule has 2 N–H and O–H groups in total. The maximum atomic E-state index is 12.9. The number of hydrogen-bond acceptors (Lipinski definition) is 1. The molecule has 13 heavy (non-hydrogen) atoms. The second-order valence-corrected chi connectivity index (χ2v) is 4.12. The Morgan fingerprint density at radius 2 is 2.15 bits per heavy atom. The molecule has 0 saturated heterocycles. The number of benzene rings is 1. The van der Waals surface area contributed by atoms with Gasteiger partial charge in [-0.1, -0.05) is 18.5 Å². The van der Waals surface area contributed by atoms with E-state index in [1.165, 1.54) is 6.07 Å². The molecule has 0 aromatic heterocycles. The van der Waals surface area contributed by atoms with E-state index in [0.29, 0.717) is 16.9 Å². The van der Waals surface area contributed by atoms with Crippen LogP contribution in [0.3, 0.4) is 0 Å². The molecule has 1 aliphatic carbocycles. The zero-order valence-electron chi connectivity index (χ0n) is 7.35. The van der Waals surface area contributed by atoms with Crippen molar-refractivity contribution < 1.29 is 4.39 Å². The van der Waals surface area contributed by atoms with Gasteiger partial charge in [0.15, 0.2) is 0 Å². The predicted octanol–water partition coefficient (Wildman–Crippen LogP) is 3.18. The molecule has 0 amide bonds. The van der Waals surface area contributed by atoms with Crippen molar-refractivity contribution in [3.63, 3.8) is 0 Å². The van der Waals surface area contributed by atoms with Gasteiger partial charge in [0, 0.05) is 5.02 Å². The molecule has 0 radical (unpaired) electrons. The molecule has 0 spiro atoms. The Labute approximate surface area is 81.7 Å². The van der Waals surface area contributed by atoms with Crippen LogP contribution in [0, 0.1) is 11.7 Å². The average Bonchev–Trinajstić information content (AvgIpc) is 2.75. The molecule has 1 nitrogen and oxygen atoms in total. The maximum Gasteiger partial charge on any atom is 0.147 e. The van der Waals surface area contributed by atoms with Crippen molar-refractivity contribution in [2.45, 2.75) is 19.3 Å². The van der Waals surface area contributed by atoms with Crippen molar-refractivity contribution in [1.29, 1.82) is 0 Å². The van der Waals surface area contributed by atoms with Gasteiger partial charge in [0.25, 0.3) is 0 Å². The molecule has 0 bridgehead atoms. The van der Waals surface area contributed by atoms with Crippen molar-refractivity contribution in [3.05, 3.63) is 28.5 Å². The second-order valence-electron chi connectivity index (χ2n) is 3.71. The molecule has 1 aromatic rings. The summed E-state index contributed by atoms with van der Waals surface area (Å²) in [6.07, 6.45) is 1.13. The summed E-state index contributed by atoms with van der Waals surface area (Å²) in [6, 6.07) is 2.96. The Bertz CT molecular complexity index is 351. The summed E-state index contributed by atoms with van der Waals surface area (Å²) < 4.78 is 12.9. The van der Waals surface area contributed by atoms with Gasteiger partial charge in [-0.25, -0.2) is 4.39 Å². The molecular weight excluding hydrogens is 189 g/mol.